The Bertz CT molecular complexity index is 486. The number of rotatable bonds is 6. The van der Waals surface area contributed by atoms with Crippen LogP contribution in [0.3, 0.4) is 0 Å². The van der Waals surface area contributed by atoms with Crippen molar-refractivity contribution in [3.8, 4) is 5.75 Å². The van der Waals surface area contributed by atoms with Gasteiger partial charge in [-0.2, -0.15) is 0 Å². The number of carbonyl (C=O) groups excluding carboxylic acids is 2. The van der Waals surface area contributed by atoms with Crippen molar-refractivity contribution in [2.75, 3.05) is 13.7 Å². The number of amides is 3. The summed E-state index contributed by atoms with van der Waals surface area (Å²) in [5.74, 6) is 0.182. The summed E-state index contributed by atoms with van der Waals surface area (Å²) in [5, 5.41) is 7.95. The summed E-state index contributed by atoms with van der Waals surface area (Å²) in [6, 6.07) is 7.23. The molecule has 108 valence electrons. The largest absolute Gasteiger partial charge is 0.483 e. The summed E-state index contributed by atoms with van der Waals surface area (Å²) in [6.07, 6.45) is 1.96. The zero-order valence-corrected chi connectivity index (χ0v) is 11.4. The Labute approximate surface area is 117 Å². The molecule has 0 heterocycles. The maximum absolute atomic E-state index is 11.6. The molecular weight excluding hydrogens is 258 g/mol. The van der Waals surface area contributed by atoms with Crippen LogP contribution in [0.5, 0.6) is 5.75 Å². The Kier molecular flexibility index (Phi) is 4.95. The average molecular weight is 277 g/mol. The first-order chi connectivity index (χ1) is 9.69. The van der Waals surface area contributed by atoms with Gasteiger partial charge >= 0.3 is 6.03 Å². The van der Waals surface area contributed by atoms with Crippen molar-refractivity contribution >= 4 is 11.9 Å². The van der Waals surface area contributed by atoms with Crippen molar-refractivity contribution in [2.45, 2.75) is 25.4 Å². The molecule has 0 bridgehead atoms. The second-order valence-corrected chi connectivity index (χ2v) is 4.72. The van der Waals surface area contributed by atoms with Crippen LogP contribution in [0.25, 0.3) is 0 Å². The second-order valence-electron chi connectivity index (χ2n) is 4.72. The van der Waals surface area contributed by atoms with Crippen molar-refractivity contribution in [3.63, 3.8) is 0 Å². The predicted octanol–water partition coefficient (Wildman–Crippen LogP) is 0.773. The number of para-hydroxylation sites is 1. The third kappa shape index (κ3) is 4.55. The zero-order valence-electron chi connectivity index (χ0n) is 11.4. The molecule has 0 spiro atoms. The van der Waals surface area contributed by atoms with Crippen molar-refractivity contribution in [1.29, 1.82) is 0 Å². The van der Waals surface area contributed by atoms with E-state index < -0.39 is 11.9 Å². The molecule has 0 atom stereocenters. The number of carbonyl (C=O) groups is 2. The lowest BCUT2D eigenvalue weighted by Crippen LogP contribution is -2.42. The Morgan fingerprint density at radius 2 is 2.05 bits per heavy atom. The highest BCUT2D eigenvalue weighted by Gasteiger charge is 2.23. The first-order valence-electron chi connectivity index (χ1n) is 6.64. The Balaban J connectivity index is 1.78. The monoisotopic (exact) mass is 277 g/mol. The molecule has 3 N–H and O–H groups in total. The summed E-state index contributed by atoms with van der Waals surface area (Å²) in [7, 11) is 1.84. The van der Waals surface area contributed by atoms with Crippen LogP contribution in [0.1, 0.15) is 18.4 Å². The quantitative estimate of drug-likeness (QED) is 0.717. The van der Waals surface area contributed by atoms with E-state index in [9.17, 15) is 9.59 Å². The normalized spacial score (nSPS) is 13.7. The summed E-state index contributed by atoms with van der Waals surface area (Å²) in [4.78, 5) is 23.0. The third-order valence-corrected chi connectivity index (χ3v) is 2.86. The molecule has 0 radical (unpaired) electrons. The number of hydrogen-bond acceptors (Lipinski definition) is 4. The van der Waals surface area contributed by atoms with Gasteiger partial charge in [0.1, 0.15) is 5.75 Å². The van der Waals surface area contributed by atoms with Gasteiger partial charge in [0.15, 0.2) is 6.61 Å². The van der Waals surface area contributed by atoms with Crippen LogP contribution in [0, 0.1) is 0 Å². The fourth-order valence-corrected chi connectivity index (χ4v) is 1.74. The Morgan fingerprint density at radius 1 is 1.30 bits per heavy atom. The van der Waals surface area contributed by atoms with Gasteiger partial charge in [-0.15, -0.1) is 0 Å². The van der Waals surface area contributed by atoms with Crippen molar-refractivity contribution in [1.82, 2.24) is 16.0 Å². The number of ether oxygens (including phenoxy) is 1. The van der Waals surface area contributed by atoms with E-state index in [4.69, 9.17) is 4.74 Å². The first kappa shape index (κ1) is 14.3. The average Bonchev–Trinajstić information content (AvgIpc) is 3.22. The fourth-order valence-electron chi connectivity index (χ4n) is 1.74. The minimum atomic E-state index is -0.456. The lowest BCUT2D eigenvalue weighted by molar-refractivity contribution is -0.122. The van der Waals surface area contributed by atoms with Crippen LogP contribution in [-0.2, 0) is 11.3 Å². The fraction of sp³-hybridized carbons (Fsp3) is 0.429. The molecule has 0 aliphatic heterocycles. The van der Waals surface area contributed by atoms with Crippen LogP contribution in [0.2, 0.25) is 0 Å². The van der Waals surface area contributed by atoms with E-state index in [-0.39, 0.29) is 12.6 Å². The van der Waals surface area contributed by atoms with Crippen molar-refractivity contribution in [2.24, 2.45) is 0 Å². The number of imide groups is 1. The summed E-state index contributed by atoms with van der Waals surface area (Å²) >= 11 is 0. The lowest BCUT2D eigenvalue weighted by Gasteiger charge is -2.11. The number of nitrogens with one attached hydrogen (secondary N) is 3. The van der Waals surface area contributed by atoms with Crippen LogP contribution < -0.4 is 20.7 Å². The van der Waals surface area contributed by atoms with E-state index in [1.807, 2.05) is 25.2 Å². The highest BCUT2D eigenvalue weighted by Crippen LogP contribution is 2.18. The highest BCUT2D eigenvalue weighted by molar-refractivity contribution is 5.95. The molecular formula is C14H19N3O3. The van der Waals surface area contributed by atoms with Gasteiger partial charge in [-0.05, 0) is 26.0 Å². The Hall–Kier alpha value is -2.08. The maximum Gasteiger partial charge on any atom is 0.321 e. The van der Waals surface area contributed by atoms with Gasteiger partial charge in [-0.3, -0.25) is 10.1 Å². The molecule has 1 aliphatic rings. The first-order valence-corrected chi connectivity index (χ1v) is 6.64. The maximum atomic E-state index is 11.6. The van der Waals surface area contributed by atoms with Crippen LogP contribution in [0.4, 0.5) is 4.79 Å². The van der Waals surface area contributed by atoms with Crippen LogP contribution >= 0.6 is 0 Å². The SMILES string of the molecule is CNCc1ccccc1OCC(=O)NC(=O)NC1CC1. The summed E-state index contributed by atoms with van der Waals surface area (Å²) < 4.78 is 5.44. The number of urea groups is 1. The second kappa shape index (κ2) is 6.91. The lowest BCUT2D eigenvalue weighted by atomic mass is 10.2. The molecule has 0 aromatic heterocycles. The molecule has 0 unspecified atom stereocenters. The molecule has 6 nitrogen and oxygen atoms in total. The molecule has 1 aromatic rings. The van der Waals surface area contributed by atoms with Gasteiger partial charge in [0, 0.05) is 18.2 Å². The van der Waals surface area contributed by atoms with E-state index >= 15 is 0 Å². The molecule has 2 rings (SSSR count). The Morgan fingerprint density at radius 3 is 2.75 bits per heavy atom. The van der Waals surface area contributed by atoms with Crippen molar-refractivity contribution in [3.05, 3.63) is 29.8 Å². The van der Waals surface area contributed by atoms with E-state index in [1.165, 1.54) is 0 Å². The summed E-state index contributed by atoms with van der Waals surface area (Å²) in [5.41, 5.74) is 0.963. The van der Waals surface area contributed by atoms with Gasteiger partial charge in [0.2, 0.25) is 0 Å². The molecule has 1 aliphatic carbocycles. The minimum absolute atomic E-state index is 0.182. The van der Waals surface area contributed by atoms with Crippen molar-refractivity contribution < 1.29 is 14.3 Å². The van der Waals surface area contributed by atoms with Crippen LogP contribution in [0.15, 0.2) is 24.3 Å². The summed E-state index contributed by atoms with van der Waals surface area (Å²) in [6.45, 7) is 0.471. The van der Waals surface area contributed by atoms with Gasteiger partial charge in [-0.1, -0.05) is 18.2 Å². The van der Waals surface area contributed by atoms with Gasteiger partial charge in [0.25, 0.3) is 5.91 Å². The highest BCUT2D eigenvalue weighted by atomic mass is 16.5. The number of benzene rings is 1. The topological polar surface area (TPSA) is 79.5 Å². The molecule has 6 heteroatoms. The molecule has 1 saturated carbocycles. The molecule has 1 aromatic carbocycles. The van der Waals surface area contributed by atoms with Gasteiger partial charge in [-0.25, -0.2) is 4.79 Å². The zero-order chi connectivity index (χ0) is 14.4. The van der Waals surface area contributed by atoms with Gasteiger partial charge in [0.05, 0.1) is 0 Å². The van der Waals surface area contributed by atoms with E-state index in [0.717, 1.165) is 18.4 Å². The molecule has 20 heavy (non-hydrogen) atoms. The third-order valence-electron chi connectivity index (χ3n) is 2.86. The minimum Gasteiger partial charge on any atom is -0.483 e. The van der Waals surface area contributed by atoms with Crippen LogP contribution in [-0.4, -0.2) is 31.6 Å². The van der Waals surface area contributed by atoms with E-state index in [1.54, 1.807) is 6.07 Å². The molecule has 1 fully saturated rings. The predicted molar refractivity (Wildman–Crippen MR) is 74.4 cm³/mol. The number of hydrogen-bond donors (Lipinski definition) is 3. The molecule has 0 saturated heterocycles. The smallest absolute Gasteiger partial charge is 0.321 e. The van der Waals surface area contributed by atoms with Gasteiger partial charge < -0.3 is 15.4 Å². The standard InChI is InChI=1S/C14H19N3O3/c1-15-8-10-4-2-3-5-12(10)20-9-13(18)17-14(19)16-11-6-7-11/h2-5,11,15H,6-9H2,1H3,(H2,16,17,18,19). The van der Waals surface area contributed by atoms with E-state index in [2.05, 4.69) is 16.0 Å². The molecule has 3 amide bonds. The van der Waals surface area contributed by atoms with E-state index in [0.29, 0.717) is 12.3 Å².